The average molecular weight is 525 g/mol. The van der Waals surface area contributed by atoms with Gasteiger partial charge in [0.2, 0.25) is 5.91 Å². The molecule has 0 aliphatic carbocycles. The van der Waals surface area contributed by atoms with Gasteiger partial charge in [0.25, 0.3) is 0 Å². The van der Waals surface area contributed by atoms with E-state index in [9.17, 15) is 9.59 Å². The van der Waals surface area contributed by atoms with Crippen LogP contribution >= 0.6 is 0 Å². The molecule has 3 heterocycles. The van der Waals surface area contributed by atoms with Crippen LogP contribution in [0.25, 0.3) is 11.2 Å². The Morgan fingerprint density at radius 2 is 1.87 bits per heavy atom. The minimum absolute atomic E-state index is 0.0842. The fraction of sp³-hybridized carbons (Fsp3) is 0.556. The zero-order valence-electron chi connectivity index (χ0n) is 22.4. The molecule has 11 heteroatoms. The molecule has 3 aromatic rings. The van der Waals surface area contributed by atoms with Crippen LogP contribution in [0.1, 0.15) is 57.1 Å². The number of carbonyl (C=O) groups excluding carboxylic acids is 1. The molecule has 1 saturated heterocycles. The van der Waals surface area contributed by atoms with Crippen molar-refractivity contribution >= 4 is 22.9 Å². The number of benzene rings is 1. The molecule has 1 aliphatic heterocycles. The highest BCUT2D eigenvalue weighted by atomic mass is 16.5. The van der Waals surface area contributed by atoms with E-state index < -0.39 is 6.04 Å². The van der Waals surface area contributed by atoms with Gasteiger partial charge in [-0.1, -0.05) is 37.6 Å². The summed E-state index contributed by atoms with van der Waals surface area (Å²) in [6.07, 6.45) is 5.14. The summed E-state index contributed by atoms with van der Waals surface area (Å²) in [5, 5.41) is 2.91. The summed E-state index contributed by atoms with van der Waals surface area (Å²) < 4.78 is 7.19. The number of hydrogen-bond donors (Lipinski definition) is 4. The summed E-state index contributed by atoms with van der Waals surface area (Å²) in [6, 6.07) is 8.07. The minimum atomic E-state index is -0.456. The maximum atomic E-state index is 12.7. The molecule has 1 aromatic carbocycles. The van der Waals surface area contributed by atoms with Gasteiger partial charge < -0.3 is 26.5 Å². The molecule has 1 atom stereocenters. The van der Waals surface area contributed by atoms with Gasteiger partial charge in [-0.25, -0.2) is 4.79 Å². The molecule has 11 nitrogen and oxygen atoms in total. The zero-order valence-corrected chi connectivity index (χ0v) is 22.4. The van der Waals surface area contributed by atoms with E-state index in [1.807, 2.05) is 0 Å². The van der Waals surface area contributed by atoms with E-state index in [-0.39, 0.29) is 23.4 Å². The molecule has 206 valence electrons. The lowest BCUT2D eigenvalue weighted by Gasteiger charge is -2.32. The average Bonchev–Trinajstić information content (AvgIpc) is 3.21. The quantitative estimate of drug-likeness (QED) is 0.262. The first-order valence-electron chi connectivity index (χ1n) is 13.6. The summed E-state index contributed by atoms with van der Waals surface area (Å²) in [5.74, 6) is 0.748. The molecule has 0 radical (unpaired) electrons. The highest BCUT2D eigenvalue weighted by Gasteiger charge is 2.20. The van der Waals surface area contributed by atoms with Gasteiger partial charge in [-0.2, -0.15) is 9.97 Å². The number of likely N-dealkylation sites (tertiary alicyclic amines) is 1. The predicted octanol–water partition coefficient (Wildman–Crippen LogP) is 1.99. The number of anilines is 1. The number of nitrogen functional groups attached to an aromatic ring is 1. The second kappa shape index (κ2) is 12.9. The molecule has 0 bridgehead atoms. The van der Waals surface area contributed by atoms with E-state index in [1.165, 1.54) is 5.56 Å². The highest BCUT2D eigenvalue weighted by Crippen LogP contribution is 2.22. The number of piperidine rings is 1. The van der Waals surface area contributed by atoms with Crippen LogP contribution in [-0.4, -0.2) is 62.6 Å². The van der Waals surface area contributed by atoms with Crippen molar-refractivity contribution < 1.29 is 9.53 Å². The SMILES string of the molecule is CCCCOc1nc(N)c2[nH]c(=O)n(Cc3ccc(CN4CCC(CCNC(=O)[C@@H](C)N)CC4)cc3)c2n1. The molecule has 1 amide bonds. The van der Waals surface area contributed by atoms with E-state index in [0.29, 0.717) is 36.8 Å². The molecule has 6 N–H and O–H groups in total. The van der Waals surface area contributed by atoms with Crippen molar-refractivity contribution in [1.82, 2.24) is 29.7 Å². The fourth-order valence-corrected chi connectivity index (χ4v) is 4.73. The first kappa shape index (κ1) is 27.6. The number of carbonyl (C=O) groups is 1. The third-order valence-electron chi connectivity index (χ3n) is 7.10. The monoisotopic (exact) mass is 524 g/mol. The Labute approximate surface area is 223 Å². The maximum Gasteiger partial charge on any atom is 0.328 e. The number of amides is 1. The molecule has 0 spiro atoms. The van der Waals surface area contributed by atoms with Crippen LogP contribution in [0.15, 0.2) is 29.1 Å². The number of aromatic nitrogens is 4. The van der Waals surface area contributed by atoms with Gasteiger partial charge in [-0.15, -0.1) is 0 Å². The smallest absolute Gasteiger partial charge is 0.328 e. The molecule has 1 fully saturated rings. The molecule has 0 unspecified atom stereocenters. The molecule has 4 rings (SSSR count). The van der Waals surface area contributed by atoms with Gasteiger partial charge >= 0.3 is 11.7 Å². The van der Waals surface area contributed by atoms with Crippen LogP contribution in [0.5, 0.6) is 6.01 Å². The first-order valence-corrected chi connectivity index (χ1v) is 13.6. The summed E-state index contributed by atoms with van der Waals surface area (Å²) >= 11 is 0. The number of nitrogens with two attached hydrogens (primary N) is 2. The molecule has 2 aromatic heterocycles. The second-order valence-electron chi connectivity index (χ2n) is 10.2. The maximum absolute atomic E-state index is 12.7. The lowest BCUT2D eigenvalue weighted by atomic mass is 9.93. The molecule has 0 saturated carbocycles. The van der Waals surface area contributed by atoms with Crippen molar-refractivity contribution in [3.63, 3.8) is 0 Å². The van der Waals surface area contributed by atoms with Gasteiger partial charge in [0.05, 0.1) is 19.2 Å². The van der Waals surface area contributed by atoms with Gasteiger partial charge in [0, 0.05) is 13.1 Å². The number of aromatic amines is 1. The van der Waals surface area contributed by atoms with Crippen molar-refractivity contribution in [3.05, 3.63) is 45.9 Å². The predicted molar refractivity (Wildman–Crippen MR) is 148 cm³/mol. The Morgan fingerprint density at radius 1 is 1.18 bits per heavy atom. The number of imidazole rings is 1. The summed E-state index contributed by atoms with van der Waals surface area (Å²) in [6.45, 7) is 8.32. The van der Waals surface area contributed by atoms with Crippen molar-refractivity contribution in [2.75, 3.05) is 32.0 Å². The second-order valence-corrected chi connectivity index (χ2v) is 10.2. The van der Waals surface area contributed by atoms with Crippen LogP contribution in [0.3, 0.4) is 0 Å². The van der Waals surface area contributed by atoms with Gasteiger partial charge in [-0.05, 0) is 62.7 Å². The number of nitrogens with one attached hydrogen (secondary N) is 2. The number of nitrogens with zero attached hydrogens (tertiary/aromatic N) is 4. The van der Waals surface area contributed by atoms with E-state index >= 15 is 0 Å². The summed E-state index contributed by atoms with van der Waals surface area (Å²) in [5.41, 5.74) is 14.5. The number of unbranched alkanes of at least 4 members (excludes halogenated alkanes) is 1. The Kier molecular flexibility index (Phi) is 9.35. The van der Waals surface area contributed by atoms with Crippen LogP contribution in [0, 0.1) is 5.92 Å². The third kappa shape index (κ3) is 7.11. The third-order valence-corrected chi connectivity index (χ3v) is 7.10. The van der Waals surface area contributed by atoms with Gasteiger partial charge in [0.15, 0.2) is 11.5 Å². The van der Waals surface area contributed by atoms with Crippen molar-refractivity contribution in [2.45, 2.75) is 65.1 Å². The molecule has 38 heavy (non-hydrogen) atoms. The fourth-order valence-electron chi connectivity index (χ4n) is 4.73. The first-order chi connectivity index (χ1) is 18.3. The van der Waals surface area contributed by atoms with Crippen molar-refractivity contribution in [1.29, 1.82) is 0 Å². The number of hydrogen-bond acceptors (Lipinski definition) is 8. The number of ether oxygens (including phenoxy) is 1. The molecular weight excluding hydrogens is 484 g/mol. The minimum Gasteiger partial charge on any atom is -0.463 e. The van der Waals surface area contributed by atoms with Crippen LogP contribution in [-0.2, 0) is 17.9 Å². The van der Waals surface area contributed by atoms with Crippen molar-refractivity contribution in [3.8, 4) is 6.01 Å². The van der Waals surface area contributed by atoms with E-state index in [1.54, 1.807) is 11.5 Å². The summed E-state index contributed by atoms with van der Waals surface area (Å²) in [4.78, 5) is 38.1. The Morgan fingerprint density at radius 3 is 2.53 bits per heavy atom. The van der Waals surface area contributed by atoms with Crippen LogP contribution in [0.2, 0.25) is 0 Å². The van der Waals surface area contributed by atoms with Crippen molar-refractivity contribution in [2.24, 2.45) is 11.7 Å². The number of rotatable bonds is 12. The van der Waals surface area contributed by atoms with Crippen LogP contribution in [0.4, 0.5) is 5.82 Å². The summed E-state index contributed by atoms with van der Waals surface area (Å²) in [7, 11) is 0. The Hall–Kier alpha value is -3.44. The van der Waals surface area contributed by atoms with E-state index in [2.05, 4.69) is 56.4 Å². The van der Waals surface area contributed by atoms with Crippen LogP contribution < -0.4 is 27.2 Å². The largest absolute Gasteiger partial charge is 0.463 e. The Balaban J connectivity index is 1.31. The molecular formula is C27H40N8O3. The van der Waals surface area contributed by atoms with E-state index in [4.69, 9.17) is 16.2 Å². The topological polar surface area (TPSA) is 157 Å². The highest BCUT2D eigenvalue weighted by molar-refractivity contribution is 5.82. The Bertz CT molecular complexity index is 1260. The van der Waals surface area contributed by atoms with Gasteiger partial charge in [0.1, 0.15) is 5.52 Å². The lowest BCUT2D eigenvalue weighted by molar-refractivity contribution is -0.122. The number of fused-ring (bicyclic) bond motifs is 1. The van der Waals surface area contributed by atoms with E-state index in [0.717, 1.165) is 57.3 Å². The lowest BCUT2D eigenvalue weighted by Crippen LogP contribution is -2.40. The number of H-pyrrole nitrogens is 1. The normalized spacial score (nSPS) is 15.6. The molecule has 1 aliphatic rings. The standard InChI is InChI=1S/C27H40N8O3/c1-3-4-15-38-26-32-23(29)22-24(33-26)35(27(37)31-22)17-21-7-5-20(6-8-21)16-34-13-10-19(11-14-34)9-12-30-25(36)18(2)28/h5-8,18-19H,3-4,9-17,28H2,1-2H3,(H,30,36)(H,31,37)(H2,29,32,33)/t18-/m1/s1. The zero-order chi connectivity index (χ0) is 27.1. The van der Waals surface area contributed by atoms with Gasteiger partial charge in [-0.3, -0.25) is 14.3 Å².